The molecule has 0 spiro atoms. The van der Waals surface area contributed by atoms with E-state index in [1.807, 2.05) is 0 Å². The van der Waals surface area contributed by atoms with Gasteiger partial charge in [-0.1, -0.05) is 23.9 Å². The molecule has 7 heteroatoms. The molecule has 0 saturated carbocycles. The van der Waals surface area contributed by atoms with Crippen LogP contribution in [0.1, 0.15) is 0 Å². The third-order valence-electron chi connectivity index (χ3n) is 1.71. The van der Waals surface area contributed by atoms with E-state index in [2.05, 4.69) is 10.6 Å². The van der Waals surface area contributed by atoms with Gasteiger partial charge < -0.3 is 10.6 Å². The second-order valence-corrected chi connectivity index (χ2v) is 3.99. The van der Waals surface area contributed by atoms with Crippen molar-refractivity contribution in [2.45, 2.75) is 10.7 Å². The first-order chi connectivity index (χ1) is 7.63. The molecule has 1 aromatic carbocycles. The van der Waals surface area contributed by atoms with Crippen molar-refractivity contribution in [2.75, 3.05) is 18.9 Å². The van der Waals surface area contributed by atoms with Crippen molar-refractivity contribution in [3.05, 3.63) is 24.3 Å². The van der Waals surface area contributed by atoms with Gasteiger partial charge in [-0.15, -0.1) is 12.4 Å². The summed E-state index contributed by atoms with van der Waals surface area (Å²) < 4.78 is 24.4. The minimum Gasteiger partial charge on any atom is -0.324 e. The number of para-hydroxylation sites is 1. The van der Waals surface area contributed by atoms with Crippen LogP contribution >= 0.6 is 24.2 Å². The molecule has 17 heavy (non-hydrogen) atoms. The normalized spacial score (nSPS) is 9.88. The molecule has 1 amide bonds. The highest BCUT2D eigenvalue weighted by Gasteiger charge is 2.10. The zero-order valence-corrected chi connectivity index (χ0v) is 10.7. The molecule has 0 aliphatic carbocycles. The maximum absolute atomic E-state index is 12.2. The molecule has 0 aromatic heterocycles. The first-order valence-electron chi connectivity index (χ1n) is 4.61. The second-order valence-electron chi connectivity index (χ2n) is 2.95. The maximum Gasteiger partial charge on any atom is 0.288 e. The molecule has 0 aliphatic heterocycles. The predicted octanol–water partition coefficient (Wildman–Crippen LogP) is 2.58. The Hall–Kier alpha value is -0.850. The standard InChI is InChI=1S/C10H12F2N2OS.ClH/c1-13-6-9(15)14-7-4-2-3-5-8(7)16-10(11)12;/h2-5,10,13H,6H2,1H3,(H,14,15);1H. The Morgan fingerprint density at radius 3 is 2.65 bits per heavy atom. The first kappa shape index (κ1) is 16.1. The van der Waals surface area contributed by atoms with Crippen LogP contribution in [0, 0.1) is 0 Å². The molecule has 0 aliphatic rings. The van der Waals surface area contributed by atoms with Crippen LogP contribution < -0.4 is 10.6 Å². The second kappa shape index (κ2) is 8.27. The van der Waals surface area contributed by atoms with Crippen LogP contribution in [-0.2, 0) is 4.79 Å². The highest BCUT2D eigenvalue weighted by molar-refractivity contribution is 7.99. The van der Waals surface area contributed by atoms with E-state index in [4.69, 9.17) is 0 Å². The number of carbonyl (C=O) groups excluding carboxylic acids is 1. The van der Waals surface area contributed by atoms with E-state index >= 15 is 0 Å². The molecule has 0 heterocycles. The van der Waals surface area contributed by atoms with Crippen molar-refractivity contribution >= 4 is 35.8 Å². The van der Waals surface area contributed by atoms with E-state index in [0.717, 1.165) is 0 Å². The highest BCUT2D eigenvalue weighted by atomic mass is 35.5. The zero-order valence-electron chi connectivity index (χ0n) is 9.07. The van der Waals surface area contributed by atoms with Crippen LogP contribution in [-0.4, -0.2) is 25.3 Å². The summed E-state index contributed by atoms with van der Waals surface area (Å²) in [5.74, 6) is -2.76. The molecule has 96 valence electrons. The molecule has 0 radical (unpaired) electrons. The molecule has 1 aromatic rings. The lowest BCUT2D eigenvalue weighted by molar-refractivity contribution is -0.115. The van der Waals surface area contributed by atoms with E-state index in [0.29, 0.717) is 22.3 Å². The van der Waals surface area contributed by atoms with Gasteiger partial charge in [0.2, 0.25) is 5.91 Å². The number of benzene rings is 1. The summed E-state index contributed by atoms with van der Waals surface area (Å²) in [6, 6.07) is 6.48. The van der Waals surface area contributed by atoms with Gasteiger partial charge >= 0.3 is 0 Å². The Morgan fingerprint density at radius 2 is 2.06 bits per heavy atom. The molecule has 0 atom stereocenters. The van der Waals surface area contributed by atoms with Crippen LogP contribution in [0.3, 0.4) is 0 Å². The van der Waals surface area contributed by atoms with Crippen LogP contribution in [0.15, 0.2) is 29.2 Å². The van der Waals surface area contributed by atoms with Crippen molar-refractivity contribution in [1.82, 2.24) is 5.32 Å². The van der Waals surface area contributed by atoms with Gasteiger partial charge in [0, 0.05) is 4.90 Å². The van der Waals surface area contributed by atoms with Crippen molar-refractivity contribution in [2.24, 2.45) is 0 Å². The number of likely N-dealkylation sites (N-methyl/N-ethyl adjacent to an activating group) is 1. The molecule has 0 saturated heterocycles. The van der Waals surface area contributed by atoms with Gasteiger partial charge in [0.1, 0.15) is 0 Å². The number of hydrogen-bond donors (Lipinski definition) is 2. The SMILES string of the molecule is CNCC(=O)Nc1ccccc1SC(F)F.Cl. The summed E-state index contributed by atoms with van der Waals surface area (Å²) >= 11 is 0.417. The molecule has 0 fully saturated rings. The number of carbonyl (C=O) groups is 1. The monoisotopic (exact) mass is 282 g/mol. The van der Waals surface area contributed by atoms with E-state index in [1.165, 1.54) is 0 Å². The lowest BCUT2D eigenvalue weighted by atomic mass is 10.3. The van der Waals surface area contributed by atoms with E-state index in [9.17, 15) is 13.6 Å². The highest BCUT2D eigenvalue weighted by Crippen LogP contribution is 2.31. The van der Waals surface area contributed by atoms with Crippen LogP contribution in [0.5, 0.6) is 0 Å². The van der Waals surface area contributed by atoms with Gasteiger partial charge in [-0.3, -0.25) is 4.79 Å². The number of thioether (sulfide) groups is 1. The average Bonchev–Trinajstić information content (AvgIpc) is 2.20. The lowest BCUT2D eigenvalue weighted by Crippen LogP contribution is -2.25. The Balaban J connectivity index is 0.00000256. The minimum absolute atomic E-state index is 0. The van der Waals surface area contributed by atoms with E-state index in [-0.39, 0.29) is 24.9 Å². The van der Waals surface area contributed by atoms with Gasteiger partial charge in [0.25, 0.3) is 5.76 Å². The summed E-state index contributed by atoms with van der Waals surface area (Å²) in [5, 5.41) is 5.24. The molecule has 0 bridgehead atoms. The Kier molecular flexibility index (Phi) is 7.86. The zero-order chi connectivity index (χ0) is 12.0. The van der Waals surface area contributed by atoms with Crippen molar-refractivity contribution in [1.29, 1.82) is 0 Å². The number of anilines is 1. The predicted molar refractivity (Wildman–Crippen MR) is 68.1 cm³/mol. The van der Waals surface area contributed by atoms with Gasteiger partial charge in [0.15, 0.2) is 0 Å². The fourth-order valence-electron chi connectivity index (χ4n) is 1.12. The number of alkyl halides is 2. The smallest absolute Gasteiger partial charge is 0.288 e. The van der Waals surface area contributed by atoms with E-state index < -0.39 is 5.76 Å². The van der Waals surface area contributed by atoms with Crippen LogP contribution in [0.25, 0.3) is 0 Å². The summed E-state index contributed by atoms with van der Waals surface area (Å²) in [5.41, 5.74) is 0.410. The number of amides is 1. The van der Waals surface area contributed by atoms with Gasteiger partial charge in [-0.2, -0.15) is 8.78 Å². The number of nitrogens with one attached hydrogen (secondary N) is 2. The maximum atomic E-state index is 12.2. The summed E-state index contributed by atoms with van der Waals surface area (Å²) in [7, 11) is 1.64. The third kappa shape index (κ3) is 5.86. The summed E-state index contributed by atoms with van der Waals surface area (Å²) in [6.45, 7) is 0.147. The number of hydrogen-bond acceptors (Lipinski definition) is 3. The molecular formula is C10H13ClF2N2OS. The third-order valence-corrected chi connectivity index (χ3v) is 2.50. The first-order valence-corrected chi connectivity index (χ1v) is 5.49. The molecule has 1 rings (SSSR count). The number of rotatable bonds is 5. The largest absolute Gasteiger partial charge is 0.324 e. The minimum atomic E-state index is -2.50. The summed E-state index contributed by atoms with van der Waals surface area (Å²) in [6.07, 6.45) is 0. The van der Waals surface area contributed by atoms with Gasteiger partial charge in [-0.25, -0.2) is 0 Å². The molecular weight excluding hydrogens is 270 g/mol. The quantitative estimate of drug-likeness (QED) is 0.816. The summed E-state index contributed by atoms with van der Waals surface area (Å²) in [4.78, 5) is 11.6. The Morgan fingerprint density at radius 1 is 1.41 bits per heavy atom. The topological polar surface area (TPSA) is 41.1 Å². The number of halogens is 3. The van der Waals surface area contributed by atoms with Crippen LogP contribution in [0.2, 0.25) is 0 Å². The average molecular weight is 283 g/mol. The van der Waals surface area contributed by atoms with E-state index in [1.54, 1.807) is 31.3 Å². The van der Waals surface area contributed by atoms with Gasteiger partial charge in [0.05, 0.1) is 12.2 Å². The van der Waals surface area contributed by atoms with Crippen molar-refractivity contribution in [3.8, 4) is 0 Å². The fourth-order valence-corrected chi connectivity index (χ4v) is 1.72. The Bertz CT molecular complexity index is 366. The van der Waals surface area contributed by atoms with Gasteiger partial charge in [-0.05, 0) is 19.2 Å². The molecule has 0 unspecified atom stereocenters. The van der Waals surface area contributed by atoms with Crippen molar-refractivity contribution < 1.29 is 13.6 Å². The van der Waals surface area contributed by atoms with Crippen LogP contribution in [0.4, 0.5) is 14.5 Å². The van der Waals surface area contributed by atoms with Crippen molar-refractivity contribution in [3.63, 3.8) is 0 Å². The lowest BCUT2D eigenvalue weighted by Gasteiger charge is -2.09. The Labute approximate surface area is 109 Å². The molecule has 3 nitrogen and oxygen atoms in total. The molecule has 2 N–H and O–H groups in total. The fraction of sp³-hybridized carbons (Fsp3) is 0.300.